The van der Waals surface area contributed by atoms with Gasteiger partial charge in [-0.1, -0.05) is 49.7 Å². The van der Waals surface area contributed by atoms with Gasteiger partial charge in [0.2, 0.25) is 5.91 Å². The summed E-state index contributed by atoms with van der Waals surface area (Å²) in [4.78, 5) is 32.3. The highest BCUT2D eigenvalue weighted by Crippen LogP contribution is 2.47. The van der Waals surface area contributed by atoms with Gasteiger partial charge in [0.1, 0.15) is 11.5 Å². The second-order valence-electron chi connectivity index (χ2n) is 8.93. The van der Waals surface area contributed by atoms with Crippen molar-refractivity contribution in [3.8, 4) is 11.5 Å². The highest BCUT2D eigenvalue weighted by molar-refractivity contribution is 7.10. The van der Waals surface area contributed by atoms with E-state index in [0.717, 1.165) is 10.4 Å². The Morgan fingerprint density at radius 1 is 1.11 bits per heavy atom. The van der Waals surface area contributed by atoms with Crippen LogP contribution in [0, 0.1) is 5.92 Å². The van der Waals surface area contributed by atoms with E-state index in [2.05, 4.69) is 13.8 Å². The van der Waals surface area contributed by atoms with Crippen LogP contribution in [-0.2, 0) is 4.79 Å². The molecule has 2 heterocycles. The van der Waals surface area contributed by atoms with Crippen LogP contribution < -0.4 is 14.4 Å². The smallest absolute Gasteiger partial charge is 0.254 e. The van der Waals surface area contributed by atoms with Crippen molar-refractivity contribution < 1.29 is 19.1 Å². The molecule has 0 saturated carbocycles. The van der Waals surface area contributed by atoms with Crippen LogP contribution in [0.5, 0.6) is 11.5 Å². The van der Waals surface area contributed by atoms with Gasteiger partial charge in [0.25, 0.3) is 5.91 Å². The molecule has 0 aliphatic carbocycles. The van der Waals surface area contributed by atoms with Crippen molar-refractivity contribution in [2.45, 2.75) is 25.8 Å². The summed E-state index contributed by atoms with van der Waals surface area (Å²) in [5, 5.41) is 2.35. The number of likely N-dealkylation sites (N-methyl/N-ethyl adjacent to an activating group) is 1. The monoisotopic (exact) mass is 512 g/mol. The van der Waals surface area contributed by atoms with E-state index >= 15 is 0 Å². The number of thiophene rings is 1. The molecule has 1 aliphatic heterocycles. The van der Waals surface area contributed by atoms with E-state index in [4.69, 9.17) is 21.1 Å². The molecule has 1 aromatic heterocycles. The number of anilines is 1. The van der Waals surface area contributed by atoms with Gasteiger partial charge in [0, 0.05) is 30.1 Å². The topological polar surface area (TPSA) is 59.1 Å². The number of carbonyl (C=O) groups excluding carboxylic acids is 2. The summed E-state index contributed by atoms with van der Waals surface area (Å²) in [7, 11) is 4.78. The number of hydrogen-bond acceptors (Lipinski definition) is 5. The zero-order chi connectivity index (χ0) is 25.3. The molecule has 184 valence electrons. The van der Waals surface area contributed by atoms with E-state index in [9.17, 15) is 9.59 Å². The van der Waals surface area contributed by atoms with Crippen molar-refractivity contribution in [1.29, 1.82) is 0 Å². The van der Waals surface area contributed by atoms with E-state index in [1.54, 1.807) is 41.5 Å². The minimum atomic E-state index is -0.600. The molecular weight excluding hydrogens is 484 g/mol. The van der Waals surface area contributed by atoms with Gasteiger partial charge in [-0.3, -0.25) is 9.59 Å². The Labute approximate surface area is 215 Å². The van der Waals surface area contributed by atoms with Crippen LogP contribution in [0.25, 0.3) is 0 Å². The number of halogens is 1. The van der Waals surface area contributed by atoms with Crippen LogP contribution in [0.1, 0.15) is 46.6 Å². The molecule has 8 heteroatoms. The van der Waals surface area contributed by atoms with Crippen LogP contribution >= 0.6 is 22.9 Å². The molecule has 0 spiro atoms. The number of amides is 2. The standard InChI is InChI=1S/C27H29ClN2O4S/c1-16(2)15-30-25(23-11-8-12-35-23)24(17-9-6-7-10-18(17)26(30)31)27(32)29(3)20-13-19(28)21(33-4)14-22(20)34-5/h6-14,16,24-25H,15H2,1-5H3. The van der Waals surface area contributed by atoms with Gasteiger partial charge in [-0.25, -0.2) is 0 Å². The van der Waals surface area contributed by atoms with Crippen molar-refractivity contribution in [2.75, 3.05) is 32.7 Å². The van der Waals surface area contributed by atoms with Crippen LogP contribution in [0.15, 0.2) is 53.9 Å². The fraction of sp³-hybridized carbons (Fsp3) is 0.333. The van der Waals surface area contributed by atoms with Crippen molar-refractivity contribution >= 4 is 40.4 Å². The number of nitrogens with zero attached hydrogens (tertiary/aromatic N) is 2. The van der Waals surface area contributed by atoms with Gasteiger partial charge in [0.05, 0.1) is 36.9 Å². The zero-order valence-electron chi connectivity index (χ0n) is 20.4. The third kappa shape index (κ3) is 4.62. The predicted octanol–water partition coefficient (Wildman–Crippen LogP) is 6.02. The summed E-state index contributed by atoms with van der Waals surface area (Å²) in [6.07, 6.45) is 0. The Morgan fingerprint density at radius 3 is 2.46 bits per heavy atom. The number of carbonyl (C=O) groups is 2. The number of benzene rings is 2. The maximum absolute atomic E-state index is 14.3. The van der Waals surface area contributed by atoms with Crippen LogP contribution in [0.3, 0.4) is 0 Å². The van der Waals surface area contributed by atoms with Crippen molar-refractivity contribution in [3.63, 3.8) is 0 Å². The largest absolute Gasteiger partial charge is 0.495 e. The summed E-state index contributed by atoms with van der Waals surface area (Å²) in [5.74, 6) is 0.355. The molecule has 6 nitrogen and oxygen atoms in total. The second-order valence-corrected chi connectivity index (χ2v) is 10.3. The van der Waals surface area contributed by atoms with Crippen molar-refractivity contribution in [1.82, 2.24) is 4.90 Å². The molecule has 0 radical (unpaired) electrons. The number of methoxy groups -OCH3 is 2. The molecule has 3 aromatic rings. The normalized spacial score (nSPS) is 17.3. The van der Waals surface area contributed by atoms with Gasteiger partial charge in [-0.15, -0.1) is 11.3 Å². The minimum absolute atomic E-state index is 0.0514. The Bertz CT molecular complexity index is 1230. The zero-order valence-corrected chi connectivity index (χ0v) is 22.0. The van der Waals surface area contributed by atoms with Gasteiger partial charge in [-0.2, -0.15) is 0 Å². The summed E-state index contributed by atoms with van der Waals surface area (Å²) in [6, 6.07) is 14.3. The first-order valence-electron chi connectivity index (χ1n) is 11.4. The Hall–Kier alpha value is -3.03. The fourth-order valence-electron chi connectivity index (χ4n) is 4.66. The molecule has 2 aromatic carbocycles. The number of ether oxygens (including phenoxy) is 2. The van der Waals surface area contributed by atoms with Crippen molar-refractivity contribution in [2.24, 2.45) is 5.92 Å². The molecule has 2 unspecified atom stereocenters. The molecule has 35 heavy (non-hydrogen) atoms. The number of hydrogen-bond donors (Lipinski definition) is 0. The quantitative estimate of drug-likeness (QED) is 0.388. The molecule has 0 saturated heterocycles. The van der Waals surface area contributed by atoms with Gasteiger partial charge in [0.15, 0.2) is 0 Å². The van der Waals surface area contributed by atoms with E-state index in [1.165, 1.54) is 14.2 Å². The summed E-state index contributed by atoms with van der Waals surface area (Å²) >= 11 is 7.97. The molecule has 1 aliphatic rings. The first-order chi connectivity index (χ1) is 16.8. The third-order valence-electron chi connectivity index (χ3n) is 6.25. The second kappa shape index (κ2) is 10.3. The summed E-state index contributed by atoms with van der Waals surface area (Å²) in [6.45, 7) is 4.69. The fourth-order valence-corrected chi connectivity index (χ4v) is 5.77. The molecule has 0 bridgehead atoms. The van der Waals surface area contributed by atoms with E-state index in [-0.39, 0.29) is 17.7 Å². The van der Waals surface area contributed by atoms with Gasteiger partial charge < -0.3 is 19.3 Å². The van der Waals surface area contributed by atoms with Crippen LogP contribution in [0.2, 0.25) is 5.02 Å². The Kier molecular flexibility index (Phi) is 7.38. The molecular formula is C27H29ClN2O4S. The first-order valence-corrected chi connectivity index (χ1v) is 12.7. The Morgan fingerprint density at radius 2 is 1.83 bits per heavy atom. The maximum atomic E-state index is 14.3. The Balaban J connectivity index is 1.87. The lowest BCUT2D eigenvalue weighted by Crippen LogP contribution is -2.48. The average molecular weight is 513 g/mol. The summed E-state index contributed by atoms with van der Waals surface area (Å²) < 4.78 is 10.9. The van der Waals surface area contributed by atoms with Gasteiger partial charge >= 0.3 is 0 Å². The highest BCUT2D eigenvalue weighted by atomic mass is 35.5. The minimum Gasteiger partial charge on any atom is -0.495 e. The van der Waals surface area contributed by atoms with Gasteiger partial charge in [-0.05, 0) is 35.1 Å². The lowest BCUT2D eigenvalue weighted by molar-refractivity contribution is -0.121. The molecule has 2 atom stereocenters. The van der Waals surface area contributed by atoms with E-state index < -0.39 is 12.0 Å². The predicted molar refractivity (Wildman–Crippen MR) is 140 cm³/mol. The number of rotatable bonds is 7. The van der Waals surface area contributed by atoms with Crippen LogP contribution in [0.4, 0.5) is 5.69 Å². The average Bonchev–Trinajstić information content (AvgIpc) is 3.39. The summed E-state index contributed by atoms with van der Waals surface area (Å²) in [5.41, 5.74) is 1.82. The molecule has 2 amide bonds. The SMILES string of the molecule is COc1cc(OC)c(N(C)C(=O)C2c3ccccc3C(=O)N(CC(C)C)C2c2cccs2)cc1Cl. The highest BCUT2D eigenvalue weighted by Gasteiger charge is 2.46. The maximum Gasteiger partial charge on any atom is 0.254 e. The molecule has 4 rings (SSSR count). The van der Waals surface area contributed by atoms with Crippen molar-refractivity contribution in [3.05, 3.63) is 74.9 Å². The molecule has 0 fully saturated rings. The number of fused-ring (bicyclic) bond motifs is 1. The molecule has 0 N–H and O–H groups in total. The first kappa shape index (κ1) is 25.1. The van der Waals surface area contributed by atoms with E-state index in [0.29, 0.717) is 34.3 Å². The third-order valence-corrected chi connectivity index (χ3v) is 7.48. The lowest BCUT2D eigenvalue weighted by atomic mass is 9.80. The van der Waals surface area contributed by atoms with Crippen LogP contribution in [-0.4, -0.2) is 44.5 Å². The van der Waals surface area contributed by atoms with E-state index in [1.807, 2.05) is 40.6 Å². The lowest BCUT2D eigenvalue weighted by Gasteiger charge is -2.43.